The lowest BCUT2D eigenvalue weighted by molar-refractivity contribution is -0.137. The standard InChI is InChI=1S/C7H16N2O4S/c1-6(2-3-7(10)11)4-5-9-14(8,12)13/h6,9H,2-5H2,1H3,(H,10,11)(H2,8,12,13). The van der Waals surface area contributed by atoms with Gasteiger partial charge >= 0.3 is 5.97 Å². The predicted molar refractivity (Wildman–Crippen MR) is 51.8 cm³/mol. The molecule has 0 saturated heterocycles. The van der Waals surface area contributed by atoms with Crippen LogP contribution in [0.4, 0.5) is 0 Å². The average Bonchev–Trinajstić information content (AvgIpc) is 1.98. The van der Waals surface area contributed by atoms with Crippen LogP contribution in [-0.2, 0) is 15.0 Å². The molecule has 84 valence electrons. The molecule has 14 heavy (non-hydrogen) atoms. The summed E-state index contributed by atoms with van der Waals surface area (Å²) in [5, 5.41) is 13.1. The second-order valence-corrected chi connectivity index (χ2v) is 4.64. The molecule has 1 unspecified atom stereocenters. The number of carbonyl (C=O) groups is 1. The number of rotatable bonds is 7. The van der Waals surface area contributed by atoms with Gasteiger partial charge in [0.25, 0.3) is 10.2 Å². The van der Waals surface area contributed by atoms with Crippen molar-refractivity contribution in [2.45, 2.75) is 26.2 Å². The maximum atomic E-state index is 10.5. The van der Waals surface area contributed by atoms with E-state index < -0.39 is 16.2 Å². The summed E-state index contributed by atoms with van der Waals surface area (Å²) in [5.41, 5.74) is 0. The van der Waals surface area contributed by atoms with E-state index in [-0.39, 0.29) is 18.9 Å². The first-order valence-electron chi connectivity index (χ1n) is 4.30. The minimum Gasteiger partial charge on any atom is -0.481 e. The maximum Gasteiger partial charge on any atom is 0.303 e. The molecule has 0 heterocycles. The van der Waals surface area contributed by atoms with Crippen molar-refractivity contribution in [1.29, 1.82) is 0 Å². The van der Waals surface area contributed by atoms with Crippen molar-refractivity contribution in [3.05, 3.63) is 0 Å². The molecule has 0 amide bonds. The molecule has 0 rings (SSSR count). The van der Waals surface area contributed by atoms with Crippen LogP contribution in [0.25, 0.3) is 0 Å². The zero-order valence-corrected chi connectivity index (χ0v) is 8.88. The summed E-state index contributed by atoms with van der Waals surface area (Å²) >= 11 is 0. The summed E-state index contributed by atoms with van der Waals surface area (Å²) in [6.07, 6.45) is 1.24. The van der Waals surface area contributed by atoms with Crippen molar-refractivity contribution >= 4 is 16.2 Å². The fourth-order valence-corrected chi connectivity index (χ4v) is 1.36. The number of nitrogens with one attached hydrogen (secondary N) is 1. The van der Waals surface area contributed by atoms with Gasteiger partial charge in [-0.05, 0) is 18.8 Å². The molecular formula is C7H16N2O4S. The first-order chi connectivity index (χ1) is 6.31. The molecule has 0 aromatic carbocycles. The molecule has 0 aliphatic rings. The van der Waals surface area contributed by atoms with Crippen LogP contribution < -0.4 is 9.86 Å². The van der Waals surface area contributed by atoms with Crippen LogP contribution in [0.2, 0.25) is 0 Å². The number of hydrogen-bond acceptors (Lipinski definition) is 3. The van der Waals surface area contributed by atoms with Crippen molar-refractivity contribution in [3.8, 4) is 0 Å². The van der Waals surface area contributed by atoms with Crippen molar-refractivity contribution in [2.75, 3.05) is 6.54 Å². The van der Waals surface area contributed by atoms with E-state index in [2.05, 4.69) is 4.72 Å². The summed E-state index contributed by atoms with van der Waals surface area (Å²) in [4.78, 5) is 10.2. The van der Waals surface area contributed by atoms with Crippen LogP contribution >= 0.6 is 0 Å². The first-order valence-corrected chi connectivity index (χ1v) is 5.85. The van der Waals surface area contributed by atoms with E-state index in [1.54, 1.807) is 0 Å². The lowest BCUT2D eigenvalue weighted by Crippen LogP contribution is -2.32. The Morgan fingerprint density at radius 2 is 2.07 bits per heavy atom. The lowest BCUT2D eigenvalue weighted by Gasteiger charge is -2.09. The van der Waals surface area contributed by atoms with E-state index in [0.717, 1.165) is 0 Å². The molecule has 7 heteroatoms. The molecule has 0 radical (unpaired) electrons. The highest BCUT2D eigenvalue weighted by atomic mass is 32.2. The highest BCUT2D eigenvalue weighted by Crippen LogP contribution is 2.08. The Bertz CT molecular complexity index is 275. The molecule has 0 spiro atoms. The topological polar surface area (TPSA) is 109 Å². The third-order valence-electron chi connectivity index (χ3n) is 1.79. The zero-order chi connectivity index (χ0) is 11.2. The molecule has 1 atom stereocenters. The molecule has 0 aliphatic carbocycles. The molecule has 0 aromatic rings. The summed E-state index contributed by atoms with van der Waals surface area (Å²) in [6, 6.07) is 0. The van der Waals surface area contributed by atoms with Gasteiger partial charge in [0.05, 0.1) is 0 Å². The smallest absolute Gasteiger partial charge is 0.303 e. The molecule has 0 saturated carbocycles. The van der Waals surface area contributed by atoms with E-state index >= 15 is 0 Å². The van der Waals surface area contributed by atoms with Crippen LogP contribution in [-0.4, -0.2) is 26.0 Å². The maximum absolute atomic E-state index is 10.5. The van der Waals surface area contributed by atoms with E-state index in [1.165, 1.54) is 0 Å². The second kappa shape index (κ2) is 5.94. The first kappa shape index (κ1) is 13.3. The van der Waals surface area contributed by atoms with Gasteiger partial charge < -0.3 is 5.11 Å². The highest BCUT2D eigenvalue weighted by Gasteiger charge is 2.07. The summed E-state index contributed by atoms with van der Waals surface area (Å²) in [7, 11) is -3.62. The number of nitrogens with two attached hydrogens (primary N) is 1. The van der Waals surface area contributed by atoms with E-state index in [4.69, 9.17) is 10.2 Å². The third kappa shape index (κ3) is 9.43. The van der Waals surface area contributed by atoms with E-state index in [9.17, 15) is 13.2 Å². The van der Waals surface area contributed by atoms with Gasteiger partial charge in [0.15, 0.2) is 0 Å². The molecule has 6 nitrogen and oxygen atoms in total. The van der Waals surface area contributed by atoms with Gasteiger partial charge in [-0.15, -0.1) is 0 Å². The van der Waals surface area contributed by atoms with Crippen molar-refractivity contribution in [2.24, 2.45) is 11.1 Å². The molecule has 0 fully saturated rings. The molecule has 0 aliphatic heterocycles. The third-order valence-corrected chi connectivity index (χ3v) is 2.40. The van der Waals surface area contributed by atoms with E-state index in [1.807, 2.05) is 6.92 Å². The number of carboxylic acid groups (broad SMARTS) is 1. The summed E-state index contributed by atoms with van der Waals surface area (Å²) in [6.45, 7) is 2.12. The Hall–Kier alpha value is -0.660. The van der Waals surface area contributed by atoms with Crippen LogP contribution in [0.5, 0.6) is 0 Å². The van der Waals surface area contributed by atoms with Gasteiger partial charge in [0, 0.05) is 13.0 Å². The Balaban J connectivity index is 3.54. The van der Waals surface area contributed by atoms with Gasteiger partial charge in [-0.25, -0.2) is 9.86 Å². The monoisotopic (exact) mass is 224 g/mol. The van der Waals surface area contributed by atoms with Crippen LogP contribution in [0.1, 0.15) is 26.2 Å². The van der Waals surface area contributed by atoms with Crippen molar-refractivity contribution < 1.29 is 18.3 Å². The van der Waals surface area contributed by atoms with Crippen LogP contribution in [0.3, 0.4) is 0 Å². The predicted octanol–water partition coefficient (Wildman–Crippen LogP) is -0.329. The van der Waals surface area contributed by atoms with Gasteiger partial charge in [-0.2, -0.15) is 8.42 Å². The SMILES string of the molecule is CC(CCNS(N)(=O)=O)CCC(=O)O. The van der Waals surface area contributed by atoms with Crippen LogP contribution in [0, 0.1) is 5.92 Å². The lowest BCUT2D eigenvalue weighted by atomic mass is 10.0. The minimum absolute atomic E-state index is 0.108. The highest BCUT2D eigenvalue weighted by molar-refractivity contribution is 7.87. The molecule has 0 bridgehead atoms. The van der Waals surface area contributed by atoms with Crippen molar-refractivity contribution in [3.63, 3.8) is 0 Å². The van der Waals surface area contributed by atoms with Crippen LogP contribution in [0.15, 0.2) is 0 Å². The molecule has 4 N–H and O–H groups in total. The largest absolute Gasteiger partial charge is 0.481 e. The molecular weight excluding hydrogens is 208 g/mol. The fraction of sp³-hybridized carbons (Fsp3) is 0.857. The Labute approximate surface area is 83.7 Å². The zero-order valence-electron chi connectivity index (χ0n) is 8.06. The normalized spacial score (nSPS) is 13.9. The quantitative estimate of drug-likeness (QED) is 0.550. The van der Waals surface area contributed by atoms with Gasteiger partial charge in [-0.3, -0.25) is 4.79 Å². The number of aliphatic carboxylic acids is 1. The van der Waals surface area contributed by atoms with Crippen molar-refractivity contribution in [1.82, 2.24) is 4.72 Å². The summed E-state index contributed by atoms with van der Waals surface area (Å²) in [5.74, 6) is -0.670. The van der Waals surface area contributed by atoms with Gasteiger partial charge in [0.2, 0.25) is 0 Å². The number of hydrogen-bond donors (Lipinski definition) is 3. The van der Waals surface area contributed by atoms with E-state index in [0.29, 0.717) is 12.8 Å². The fourth-order valence-electron chi connectivity index (χ4n) is 0.962. The molecule has 0 aromatic heterocycles. The second-order valence-electron chi connectivity index (χ2n) is 3.27. The Morgan fingerprint density at radius 3 is 2.50 bits per heavy atom. The average molecular weight is 224 g/mol. The number of carboxylic acids is 1. The summed E-state index contributed by atoms with van der Waals surface area (Å²) < 4.78 is 23.0. The van der Waals surface area contributed by atoms with Gasteiger partial charge in [0.1, 0.15) is 0 Å². The Morgan fingerprint density at radius 1 is 1.50 bits per heavy atom. The minimum atomic E-state index is -3.62. The Kier molecular flexibility index (Phi) is 5.66. The van der Waals surface area contributed by atoms with Gasteiger partial charge in [-0.1, -0.05) is 6.92 Å².